The minimum absolute atomic E-state index is 0.0947. The molecule has 1 amide bonds. The molecule has 0 unspecified atom stereocenters. The zero-order valence-corrected chi connectivity index (χ0v) is 14.4. The molecule has 0 radical (unpaired) electrons. The number of carbonyl (C=O) groups excluding carboxylic acids is 1. The van der Waals surface area contributed by atoms with Crippen molar-refractivity contribution < 1.29 is 13.2 Å². The Hall–Kier alpha value is -1.41. The lowest BCUT2D eigenvalue weighted by Gasteiger charge is -2.17. The van der Waals surface area contributed by atoms with Crippen LogP contribution in [0.15, 0.2) is 12.4 Å². The van der Waals surface area contributed by atoms with Crippen molar-refractivity contribution >= 4 is 15.9 Å². The topological polar surface area (TPSA) is 84.3 Å². The van der Waals surface area contributed by atoms with Gasteiger partial charge in [-0.3, -0.25) is 9.48 Å². The first-order chi connectivity index (χ1) is 10.8. The average Bonchev–Trinajstić information content (AvgIpc) is 3.09. The third kappa shape index (κ3) is 4.32. The van der Waals surface area contributed by atoms with Crippen LogP contribution in [-0.2, 0) is 28.3 Å². The van der Waals surface area contributed by atoms with E-state index in [1.54, 1.807) is 10.9 Å². The lowest BCUT2D eigenvalue weighted by Crippen LogP contribution is -2.41. The maximum Gasteiger partial charge on any atom is 0.222 e. The minimum Gasteiger partial charge on any atom is -0.341 e. The molecule has 2 heterocycles. The van der Waals surface area contributed by atoms with Crippen LogP contribution in [0, 0.1) is 11.8 Å². The molecule has 8 heteroatoms. The standard InChI is InChI=1S/C15H24N4O3S/c1-18-8-11(7-16-18)3-6-15(20)19-9-13(12-4-5-12)14(10-19)17-23(2,21)22/h7-8,12-14,17H,3-6,9-10H2,1-2H3/t13-,14+/m0/s1. The van der Waals surface area contributed by atoms with Gasteiger partial charge in [0, 0.05) is 38.8 Å². The van der Waals surface area contributed by atoms with Crippen LogP contribution in [0.5, 0.6) is 0 Å². The highest BCUT2D eigenvalue weighted by molar-refractivity contribution is 7.88. The van der Waals surface area contributed by atoms with Crippen molar-refractivity contribution in [1.82, 2.24) is 19.4 Å². The smallest absolute Gasteiger partial charge is 0.222 e. The SMILES string of the molecule is Cn1cc(CCC(=O)N2C[C@@H](NS(C)(=O)=O)[C@H](C3CC3)C2)cn1. The summed E-state index contributed by atoms with van der Waals surface area (Å²) < 4.78 is 27.5. The Bertz CT molecular complexity index is 681. The Morgan fingerprint density at radius 2 is 2.13 bits per heavy atom. The van der Waals surface area contributed by atoms with Crippen molar-refractivity contribution in [2.75, 3.05) is 19.3 Å². The summed E-state index contributed by atoms with van der Waals surface area (Å²) in [5.41, 5.74) is 1.05. The maximum absolute atomic E-state index is 12.4. The van der Waals surface area contributed by atoms with Gasteiger partial charge in [-0.2, -0.15) is 5.10 Å². The van der Waals surface area contributed by atoms with Gasteiger partial charge >= 0.3 is 0 Å². The molecule has 1 aromatic rings. The molecule has 1 N–H and O–H groups in total. The van der Waals surface area contributed by atoms with Crippen molar-refractivity contribution in [3.8, 4) is 0 Å². The van der Waals surface area contributed by atoms with E-state index in [2.05, 4.69) is 9.82 Å². The van der Waals surface area contributed by atoms with Gasteiger partial charge in [-0.25, -0.2) is 13.1 Å². The number of hydrogen-bond donors (Lipinski definition) is 1. The summed E-state index contributed by atoms with van der Waals surface area (Å²) in [6, 6.07) is -0.139. The third-order valence-electron chi connectivity index (χ3n) is 4.70. The second-order valence-electron chi connectivity index (χ2n) is 6.82. The first-order valence-electron chi connectivity index (χ1n) is 8.04. The molecule has 7 nitrogen and oxygen atoms in total. The zero-order valence-electron chi connectivity index (χ0n) is 13.6. The number of rotatable bonds is 6. The van der Waals surface area contributed by atoms with E-state index >= 15 is 0 Å². The highest BCUT2D eigenvalue weighted by Crippen LogP contribution is 2.41. The molecule has 1 aromatic heterocycles. The number of aromatic nitrogens is 2. The predicted molar refractivity (Wildman–Crippen MR) is 86.1 cm³/mol. The first kappa shape index (κ1) is 16.4. The molecular formula is C15H24N4O3S. The highest BCUT2D eigenvalue weighted by Gasteiger charge is 2.44. The molecule has 1 saturated heterocycles. The number of hydrogen-bond acceptors (Lipinski definition) is 4. The van der Waals surface area contributed by atoms with Crippen LogP contribution in [0.3, 0.4) is 0 Å². The Morgan fingerprint density at radius 1 is 1.39 bits per heavy atom. The van der Waals surface area contributed by atoms with Crippen molar-refractivity contribution in [2.24, 2.45) is 18.9 Å². The lowest BCUT2D eigenvalue weighted by atomic mass is 9.99. The molecule has 3 rings (SSSR count). The van der Waals surface area contributed by atoms with Crippen molar-refractivity contribution in [3.63, 3.8) is 0 Å². The molecule has 0 aromatic carbocycles. The fourth-order valence-electron chi connectivity index (χ4n) is 3.44. The van der Waals surface area contributed by atoms with E-state index in [4.69, 9.17) is 0 Å². The van der Waals surface area contributed by atoms with Gasteiger partial charge < -0.3 is 4.90 Å². The maximum atomic E-state index is 12.4. The quantitative estimate of drug-likeness (QED) is 0.798. The van der Waals surface area contributed by atoms with Crippen LogP contribution >= 0.6 is 0 Å². The molecule has 0 spiro atoms. The van der Waals surface area contributed by atoms with Crippen molar-refractivity contribution in [2.45, 2.75) is 31.7 Å². The van der Waals surface area contributed by atoms with Gasteiger partial charge in [0.1, 0.15) is 0 Å². The van der Waals surface area contributed by atoms with Gasteiger partial charge in [0.15, 0.2) is 0 Å². The van der Waals surface area contributed by atoms with Crippen LogP contribution in [-0.4, -0.2) is 54.4 Å². The number of aryl methyl sites for hydroxylation is 2. The summed E-state index contributed by atoms with van der Waals surface area (Å²) in [4.78, 5) is 14.3. The summed E-state index contributed by atoms with van der Waals surface area (Å²) in [7, 11) is -1.39. The Morgan fingerprint density at radius 3 is 2.70 bits per heavy atom. The lowest BCUT2D eigenvalue weighted by molar-refractivity contribution is -0.130. The molecular weight excluding hydrogens is 316 g/mol. The number of likely N-dealkylation sites (tertiary alicyclic amines) is 1. The molecule has 1 saturated carbocycles. The molecule has 1 aliphatic heterocycles. The Balaban J connectivity index is 1.58. The molecule has 128 valence electrons. The van der Waals surface area contributed by atoms with Gasteiger partial charge in [-0.05, 0) is 36.7 Å². The third-order valence-corrected chi connectivity index (χ3v) is 5.43. The Labute approximate surface area is 137 Å². The minimum atomic E-state index is -3.25. The molecule has 0 bridgehead atoms. The van der Waals surface area contributed by atoms with Gasteiger partial charge in [0.2, 0.25) is 15.9 Å². The van der Waals surface area contributed by atoms with E-state index in [1.807, 2.05) is 18.1 Å². The first-order valence-corrected chi connectivity index (χ1v) is 9.93. The average molecular weight is 340 g/mol. The molecule has 23 heavy (non-hydrogen) atoms. The summed E-state index contributed by atoms with van der Waals surface area (Å²) in [5, 5.41) is 4.10. The summed E-state index contributed by atoms with van der Waals surface area (Å²) >= 11 is 0. The van der Waals surface area contributed by atoms with Crippen LogP contribution < -0.4 is 4.72 Å². The van der Waals surface area contributed by atoms with Crippen molar-refractivity contribution in [3.05, 3.63) is 18.0 Å². The van der Waals surface area contributed by atoms with Crippen LogP contribution in [0.4, 0.5) is 0 Å². The van der Waals surface area contributed by atoms with E-state index in [-0.39, 0.29) is 17.9 Å². The van der Waals surface area contributed by atoms with Crippen molar-refractivity contribution in [1.29, 1.82) is 0 Å². The van der Waals surface area contributed by atoms with Crippen LogP contribution in [0.1, 0.15) is 24.8 Å². The second-order valence-corrected chi connectivity index (χ2v) is 8.60. The molecule has 2 atom stereocenters. The van der Waals surface area contributed by atoms with Gasteiger partial charge in [0.25, 0.3) is 0 Å². The largest absolute Gasteiger partial charge is 0.341 e. The molecule has 1 aliphatic carbocycles. The van der Waals surface area contributed by atoms with Crippen LogP contribution in [0.2, 0.25) is 0 Å². The zero-order chi connectivity index (χ0) is 16.6. The number of carbonyl (C=O) groups is 1. The van der Waals surface area contributed by atoms with E-state index in [0.717, 1.165) is 18.4 Å². The number of nitrogens with one attached hydrogen (secondary N) is 1. The number of sulfonamides is 1. The van der Waals surface area contributed by atoms with E-state index in [9.17, 15) is 13.2 Å². The van der Waals surface area contributed by atoms with Gasteiger partial charge in [-0.15, -0.1) is 0 Å². The van der Waals surface area contributed by atoms with E-state index in [1.165, 1.54) is 6.26 Å². The van der Waals surface area contributed by atoms with E-state index < -0.39 is 10.0 Å². The summed E-state index contributed by atoms with van der Waals surface area (Å²) in [6.07, 6.45) is 8.27. The predicted octanol–water partition coefficient (Wildman–Crippen LogP) is 0.139. The van der Waals surface area contributed by atoms with Gasteiger partial charge in [-0.1, -0.05) is 0 Å². The van der Waals surface area contributed by atoms with Crippen LogP contribution in [0.25, 0.3) is 0 Å². The fourth-order valence-corrected chi connectivity index (χ4v) is 4.24. The van der Waals surface area contributed by atoms with E-state index in [0.29, 0.717) is 31.8 Å². The second kappa shape index (κ2) is 6.24. The fraction of sp³-hybridized carbons (Fsp3) is 0.733. The monoisotopic (exact) mass is 340 g/mol. The molecule has 2 aliphatic rings. The summed E-state index contributed by atoms with van der Waals surface area (Å²) in [5.74, 6) is 0.912. The normalized spacial score (nSPS) is 25.0. The van der Waals surface area contributed by atoms with Gasteiger partial charge in [0.05, 0.1) is 12.5 Å². The number of amides is 1. The summed E-state index contributed by atoms with van der Waals surface area (Å²) in [6.45, 7) is 1.16. The molecule has 2 fully saturated rings. The highest BCUT2D eigenvalue weighted by atomic mass is 32.2. The number of nitrogens with zero attached hydrogens (tertiary/aromatic N) is 3. The Kier molecular flexibility index (Phi) is 4.46.